The molecule has 2 rings (SSSR count). The van der Waals surface area contributed by atoms with Crippen molar-refractivity contribution in [3.63, 3.8) is 0 Å². The minimum Gasteiger partial charge on any atom is -0.345 e. The van der Waals surface area contributed by atoms with Crippen LogP contribution in [0.1, 0.15) is 37.1 Å². The summed E-state index contributed by atoms with van der Waals surface area (Å²) >= 11 is 0. The normalized spacial score (nSPS) is 12.0. The first-order valence-electron chi connectivity index (χ1n) is 7.82. The largest absolute Gasteiger partial charge is 0.345 e. The maximum absolute atomic E-state index is 11.8. The summed E-state index contributed by atoms with van der Waals surface area (Å²) in [6, 6.07) is 12.6. The van der Waals surface area contributed by atoms with E-state index in [4.69, 9.17) is 0 Å². The van der Waals surface area contributed by atoms with Crippen molar-refractivity contribution in [3.8, 4) is 0 Å². The van der Waals surface area contributed by atoms with Crippen LogP contribution in [0.25, 0.3) is 0 Å². The number of benzene rings is 1. The van der Waals surface area contributed by atoms with Gasteiger partial charge in [-0.2, -0.15) is 0 Å². The van der Waals surface area contributed by atoms with E-state index >= 15 is 0 Å². The van der Waals surface area contributed by atoms with Gasteiger partial charge in [0.1, 0.15) is 0 Å². The van der Waals surface area contributed by atoms with Gasteiger partial charge in [-0.15, -0.1) is 0 Å². The predicted octanol–water partition coefficient (Wildman–Crippen LogP) is 3.44. The van der Waals surface area contributed by atoms with Crippen molar-refractivity contribution >= 4 is 6.03 Å². The highest BCUT2D eigenvalue weighted by Gasteiger charge is 2.07. The number of carbonyl (C=O) groups is 1. The summed E-state index contributed by atoms with van der Waals surface area (Å²) in [4.78, 5) is 11.8. The first-order valence-corrected chi connectivity index (χ1v) is 7.82. The molecule has 0 spiro atoms. The topological polar surface area (TPSA) is 46.1 Å². The molecule has 2 aromatic rings. The van der Waals surface area contributed by atoms with E-state index < -0.39 is 0 Å². The summed E-state index contributed by atoms with van der Waals surface area (Å²) in [6.45, 7) is 7.50. The molecule has 0 saturated carbocycles. The first-order chi connectivity index (χ1) is 10.6. The predicted molar refractivity (Wildman–Crippen MR) is 89.8 cm³/mol. The number of aromatic nitrogens is 1. The van der Waals surface area contributed by atoms with E-state index in [1.165, 1.54) is 11.1 Å². The van der Waals surface area contributed by atoms with Gasteiger partial charge >= 0.3 is 6.03 Å². The van der Waals surface area contributed by atoms with Crippen molar-refractivity contribution in [2.24, 2.45) is 0 Å². The van der Waals surface area contributed by atoms with Gasteiger partial charge in [0.2, 0.25) is 0 Å². The fraction of sp³-hybridized carbons (Fsp3) is 0.389. The molecule has 0 bridgehead atoms. The Kier molecular flexibility index (Phi) is 5.64. The van der Waals surface area contributed by atoms with Crippen LogP contribution in [-0.2, 0) is 13.1 Å². The second kappa shape index (κ2) is 7.69. The molecule has 118 valence electrons. The summed E-state index contributed by atoms with van der Waals surface area (Å²) in [7, 11) is 0. The van der Waals surface area contributed by atoms with Gasteiger partial charge in [-0.3, -0.25) is 0 Å². The van der Waals surface area contributed by atoms with E-state index in [0.717, 1.165) is 18.7 Å². The summed E-state index contributed by atoms with van der Waals surface area (Å²) in [5.74, 6) is 0. The molecule has 0 radical (unpaired) electrons. The summed E-state index contributed by atoms with van der Waals surface area (Å²) in [6.07, 6.45) is 2.98. The number of hydrogen-bond donors (Lipinski definition) is 2. The van der Waals surface area contributed by atoms with Crippen LogP contribution in [0.3, 0.4) is 0 Å². The highest BCUT2D eigenvalue weighted by Crippen LogP contribution is 2.09. The van der Waals surface area contributed by atoms with Crippen LogP contribution in [0.2, 0.25) is 0 Å². The molecule has 2 N–H and O–H groups in total. The molecule has 1 atom stereocenters. The van der Waals surface area contributed by atoms with Gasteiger partial charge in [0.05, 0.1) is 6.54 Å². The first kappa shape index (κ1) is 16.1. The zero-order valence-electron chi connectivity index (χ0n) is 13.6. The fourth-order valence-electron chi connectivity index (χ4n) is 2.32. The number of nitrogens with zero attached hydrogens (tertiary/aromatic N) is 1. The van der Waals surface area contributed by atoms with Crippen molar-refractivity contribution in [3.05, 3.63) is 59.4 Å². The van der Waals surface area contributed by atoms with Crippen molar-refractivity contribution < 1.29 is 4.79 Å². The average molecular weight is 299 g/mol. The number of urea groups is 1. The smallest absolute Gasteiger partial charge is 0.315 e. The van der Waals surface area contributed by atoms with E-state index in [2.05, 4.69) is 53.3 Å². The molecule has 0 aliphatic carbocycles. The van der Waals surface area contributed by atoms with Gasteiger partial charge in [-0.25, -0.2) is 4.79 Å². The van der Waals surface area contributed by atoms with Crippen LogP contribution in [0, 0.1) is 6.92 Å². The second-order valence-corrected chi connectivity index (χ2v) is 5.75. The minimum absolute atomic E-state index is 0.113. The van der Waals surface area contributed by atoms with Crippen LogP contribution in [0.4, 0.5) is 4.79 Å². The lowest BCUT2D eigenvalue weighted by molar-refractivity contribution is 0.237. The molecule has 4 heteroatoms. The van der Waals surface area contributed by atoms with E-state index in [1.807, 2.05) is 25.3 Å². The summed E-state index contributed by atoms with van der Waals surface area (Å²) < 4.78 is 2.16. The lowest BCUT2D eigenvalue weighted by atomic mass is 10.1. The standard InChI is InChI=1S/C18H25N3O/c1-4-15(3)20-18(22)19-12-17-9-6-10-21(17)13-16-8-5-7-14(2)11-16/h5-11,15H,4,12-13H2,1-3H3,(H2,19,20,22)/t15-/m1/s1. The summed E-state index contributed by atoms with van der Waals surface area (Å²) in [5.41, 5.74) is 3.62. The van der Waals surface area contributed by atoms with Crippen molar-refractivity contribution in [2.45, 2.75) is 46.3 Å². The number of aryl methyl sites for hydroxylation is 1. The van der Waals surface area contributed by atoms with Crippen molar-refractivity contribution in [2.75, 3.05) is 0 Å². The molecule has 0 unspecified atom stereocenters. The van der Waals surface area contributed by atoms with Crippen LogP contribution in [-0.4, -0.2) is 16.6 Å². The van der Waals surface area contributed by atoms with Gasteiger partial charge in [-0.05, 0) is 38.0 Å². The Morgan fingerprint density at radius 2 is 2.09 bits per heavy atom. The maximum Gasteiger partial charge on any atom is 0.315 e. The van der Waals surface area contributed by atoms with E-state index in [0.29, 0.717) is 6.54 Å². The van der Waals surface area contributed by atoms with Gasteiger partial charge in [0.15, 0.2) is 0 Å². The Morgan fingerprint density at radius 3 is 2.82 bits per heavy atom. The van der Waals surface area contributed by atoms with Crippen molar-refractivity contribution in [1.82, 2.24) is 15.2 Å². The number of carbonyl (C=O) groups excluding carboxylic acids is 1. The lowest BCUT2D eigenvalue weighted by Gasteiger charge is -2.14. The van der Waals surface area contributed by atoms with Gasteiger partial charge < -0.3 is 15.2 Å². The molecule has 1 aromatic heterocycles. The van der Waals surface area contributed by atoms with Gasteiger partial charge in [0.25, 0.3) is 0 Å². The number of amides is 2. The third-order valence-electron chi connectivity index (χ3n) is 3.78. The Bertz CT molecular complexity index is 618. The number of nitrogens with one attached hydrogen (secondary N) is 2. The van der Waals surface area contributed by atoms with Crippen LogP contribution in [0.5, 0.6) is 0 Å². The molecule has 4 nitrogen and oxygen atoms in total. The molecule has 0 aliphatic heterocycles. The minimum atomic E-state index is -0.113. The molecule has 0 fully saturated rings. The monoisotopic (exact) mass is 299 g/mol. The average Bonchev–Trinajstić information content (AvgIpc) is 2.92. The molecule has 1 aromatic carbocycles. The highest BCUT2D eigenvalue weighted by atomic mass is 16.2. The molecule has 0 aliphatic rings. The zero-order valence-corrected chi connectivity index (χ0v) is 13.6. The van der Waals surface area contributed by atoms with Crippen LogP contribution >= 0.6 is 0 Å². The molecular weight excluding hydrogens is 274 g/mol. The van der Waals surface area contributed by atoms with Gasteiger partial charge in [-0.1, -0.05) is 36.8 Å². The highest BCUT2D eigenvalue weighted by molar-refractivity contribution is 5.74. The quantitative estimate of drug-likeness (QED) is 0.843. The zero-order chi connectivity index (χ0) is 15.9. The third-order valence-corrected chi connectivity index (χ3v) is 3.78. The molecular formula is C18H25N3O. The Morgan fingerprint density at radius 1 is 1.27 bits per heavy atom. The van der Waals surface area contributed by atoms with E-state index in [-0.39, 0.29) is 12.1 Å². The second-order valence-electron chi connectivity index (χ2n) is 5.75. The molecule has 1 heterocycles. The van der Waals surface area contributed by atoms with Crippen LogP contribution in [0.15, 0.2) is 42.6 Å². The fourth-order valence-corrected chi connectivity index (χ4v) is 2.32. The Labute approximate surface area is 132 Å². The van der Waals surface area contributed by atoms with Crippen LogP contribution < -0.4 is 10.6 Å². The van der Waals surface area contributed by atoms with Crippen molar-refractivity contribution in [1.29, 1.82) is 0 Å². The van der Waals surface area contributed by atoms with E-state index in [1.54, 1.807) is 0 Å². The SMILES string of the molecule is CC[C@@H](C)NC(=O)NCc1cccn1Cc1cccc(C)c1. The van der Waals surface area contributed by atoms with E-state index in [9.17, 15) is 4.79 Å². The number of rotatable bonds is 6. The maximum atomic E-state index is 11.8. The molecule has 22 heavy (non-hydrogen) atoms. The molecule has 2 amide bonds. The number of hydrogen-bond acceptors (Lipinski definition) is 1. The van der Waals surface area contributed by atoms with Gasteiger partial charge in [0, 0.05) is 24.5 Å². The Balaban J connectivity index is 1.94. The lowest BCUT2D eigenvalue weighted by Crippen LogP contribution is -2.40. The summed E-state index contributed by atoms with van der Waals surface area (Å²) in [5, 5.41) is 5.83. The third kappa shape index (κ3) is 4.65. The molecule has 0 saturated heterocycles. The Hall–Kier alpha value is -2.23.